The van der Waals surface area contributed by atoms with Gasteiger partial charge in [-0.2, -0.15) is 0 Å². The molecule has 0 amide bonds. The summed E-state index contributed by atoms with van der Waals surface area (Å²) >= 11 is 0. The lowest BCUT2D eigenvalue weighted by atomic mass is 9.66. The summed E-state index contributed by atoms with van der Waals surface area (Å²) < 4.78 is 6.42. The first kappa shape index (κ1) is 32.6. The van der Waals surface area contributed by atoms with Crippen LogP contribution in [0.5, 0.6) is 0 Å². The molecule has 0 saturated heterocycles. The van der Waals surface area contributed by atoms with Gasteiger partial charge in [0.1, 0.15) is 11.2 Å². The largest absolute Gasteiger partial charge is 0.455 e. The van der Waals surface area contributed by atoms with Crippen LogP contribution < -0.4 is 4.90 Å². The van der Waals surface area contributed by atoms with Gasteiger partial charge in [-0.25, -0.2) is 0 Å². The molecule has 1 heterocycles. The molecule has 272 valence electrons. The number of hydrogen-bond acceptors (Lipinski definition) is 2. The third kappa shape index (κ3) is 5.03. The van der Waals surface area contributed by atoms with Crippen LogP contribution in [-0.4, -0.2) is 0 Å². The van der Waals surface area contributed by atoms with Crippen LogP contribution in [0.1, 0.15) is 36.8 Å². The van der Waals surface area contributed by atoms with Gasteiger partial charge < -0.3 is 9.32 Å². The van der Waals surface area contributed by atoms with Gasteiger partial charge in [0.2, 0.25) is 0 Å². The summed E-state index contributed by atoms with van der Waals surface area (Å²) in [5.74, 6) is 1.61. The van der Waals surface area contributed by atoms with Crippen LogP contribution in [0.2, 0.25) is 0 Å². The van der Waals surface area contributed by atoms with Gasteiger partial charge >= 0.3 is 0 Å². The molecule has 12 rings (SSSR count). The van der Waals surface area contributed by atoms with E-state index in [4.69, 9.17) is 4.42 Å². The van der Waals surface area contributed by atoms with E-state index in [2.05, 4.69) is 181 Å². The van der Waals surface area contributed by atoms with E-state index in [0.29, 0.717) is 0 Å². The molecule has 2 heteroatoms. The second kappa shape index (κ2) is 12.7. The van der Waals surface area contributed by atoms with E-state index >= 15 is 0 Å². The molecule has 8 aromatic carbocycles. The number of nitrogens with zero attached hydrogens (tertiary/aromatic N) is 1. The van der Waals surface area contributed by atoms with Crippen molar-refractivity contribution < 1.29 is 4.42 Å². The zero-order valence-electron chi connectivity index (χ0n) is 31.7. The molecule has 3 aliphatic rings. The number of benzene rings is 8. The highest BCUT2D eigenvalue weighted by Crippen LogP contribution is 2.65. The monoisotopic (exact) mass is 731 g/mol. The van der Waals surface area contributed by atoms with E-state index in [-0.39, 0.29) is 5.41 Å². The van der Waals surface area contributed by atoms with Crippen molar-refractivity contribution >= 4 is 39.0 Å². The zero-order valence-corrected chi connectivity index (χ0v) is 31.7. The lowest BCUT2D eigenvalue weighted by Crippen LogP contribution is -2.31. The van der Waals surface area contributed by atoms with Crippen LogP contribution in [0.3, 0.4) is 0 Å². The lowest BCUT2D eigenvalue weighted by Gasteiger charge is -2.36. The summed E-state index contributed by atoms with van der Waals surface area (Å²) in [6.45, 7) is 0. The number of furan rings is 1. The minimum Gasteiger partial charge on any atom is -0.455 e. The van der Waals surface area contributed by atoms with Gasteiger partial charge in [0.25, 0.3) is 0 Å². The van der Waals surface area contributed by atoms with Crippen LogP contribution >= 0.6 is 0 Å². The molecule has 57 heavy (non-hydrogen) atoms. The molecule has 3 aliphatic carbocycles. The molecule has 0 N–H and O–H groups in total. The van der Waals surface area contributed by atoms with Gasteiger partial charge in [-0.3, -0.25) is 0 Å². The van der Waals surface area contributed by atoms with Crippen molar-refractivity contribution in [3.05, 3.63) is 199 Å². The summed E-state index contributed by atoms with van der Waals surface area (Å²) in [5.41, 5.74) is 18.6. The highest BCUT2D eigenvalue weighted by Gasteiger charge is 2.56. The Morgan fingerprint density at radius 2 is 1.02 bits per heavy atom. The Kier molecular flexibility index (Phi) is 7.26. The SMILES string of the molecule is c1ccc(-c2ccc(N(c3ccc(-c4ccc5c(c4)C4(CC6CCC4C6)c4ccccc4-5)cc3)c3ccc(-c4cccc5c4oc4ccccc45)cc3)cc2)cc1. The van der Waals surface area contributed by atoms with E-state index in [0.717, 1.165) is 62.0 Å². The quantitative estimate of drug-likeness (QED) is 0.169. The van der Waals surface area contributed by atoms with Crippen molar-refractivity contribution in [2.24, 2.45) is 11.8 Å². The normalized spacial score (nSPS) is 19.0. The van der Waals surface area contributed by atoms with E-state index in [1.165, 1.54) is 59.1 Å². The molecular weight excluding hydrogens is 691 g/mol. The molecule has 0 aliphatic heterocycles. The molecule has 2 bridgehead atoms. The van der Waals surface area contributed by atoms with Crippen molar-refractivity contribution in [2.75, 3.05) is 4.90 Å². The fraction of sp³-hybridized carbons (Fsp3) is 0.127. The van der Waals surface area contributed by atoms with E-state index in [1.807, 2.05) is 12.1 Å². The van der Waals surface area contributed by atoms with Crippen molar-refractivity contribution in [1.29, 1.82) is 0 Å². The molecule has 3 unspecified atom stereocenters. The second-order valence-electron chi connectivity index (χ2n) is 16.5. The Hall–Kier alpha value is -6.64. The molecule has 9 aromatic rings. The fourth-order valence-electron chi connectivity index (χ4n) is 11.0. The number of anilines is 3. The molecule has 2 fully saturated rings. The van der Waals surface area contributed by atoms with E-state index < -0.39 is 0 Å². The van der Waals surface area contributed by atoms with Crippen molar-refractivity contribution in [2.45, 2.75) is 31.1 Å². The van der Waals surface area contributed by atoms with Crippen LogP contribution in [-0.2, 0) is 5.41 Å². The van der Waals surface area contributed by atoms with Crippen molar-refractivity contribution in [3.8, 4) is 44.5 Å². The minimum atomic E-state index is 0.176. The van der Waals surface area contributed by atoms with Gasteiger partial charge in [0, 0.05) is 38.8 Å². The summed E-state index contributed by atoms with van der Waals surface area (Å²) in [6.07, 6.45) is 5.44. The highest BCUT2D eigenvalue weighted by molar-refractivity contribution is 6.09. The smallest absolute Gasteiger partial charge is 0.143 e. The maximum Gasteiger partial charge on any atom is 0.143 e. The molecular formula is C55H41NO. The maximum atomic E-state index is 6.42. The first-order valence-corrected chi connectivity index (χ1v) is 20.5. The standard InChI is InChI=1S/C55H41NO/c1-2-9-37(10-3-1)38-18-26-43(27-19-38)56(45-30-22-40(23-31-45)46-13-8-14-50-49-12-5-7-16-53(49)57-54(46)50)44-28-20-39(21-29-44)41-24-32-48-47-11-4-6-15-51(47)55(52(48)34-41)35-36-17-25-42(55)33-36/h1-16,18-24,26-32,34,36,42H,17,25,33,35H2. The van der Waals surface area contributed by atoms with Gasteiger partial charge in [-0.15, -0.1) is 0 Å². The first-order valence-electron chi connectivity index (χ1n) is 20.5. The third-order valence-electron chi connectivity index (χ3n) is 13.6. The predicted molar refractivity (Wildman–Crippen MR) is 236 cm³/mol. The van der Waals surface area contributed by atoms with Crippen LogP contribution in [0.4, 0.5) is 17.1 Å². The summed E-state index contributed by atoms with van der Waals surface area (Å²) in [7, 11) is 0. The summed E-state index contributed by atoms with van der Waals surface area (Å²) in [6, 6.07) is 69.0. The van der Waals surface area contributed by atoms with Crippen LogP contribution in [0.25, 0.3) is 66.4 Å². The Labute approximate surface area is 333 Å². The first-order chi connectivity index (χ1) is 28.2. The second-order valence-corrected chi connectivity index (χ2v) is 16.5. The molecule has 2 nitrogen and oxygen atoms in total. The Morgan fingerprint density at radius 1 is 0.439 bits per heavy atom. The molecule has 3 atom stereocenters. The van der Waals surface area contributed by atoms with Gasteiger partial charge in [-0.1, -0.05) is 146 Å². The van der Waals surface area contributed by atoms with Crippen LogP contribution in [0.15, 0.2) is 192 Å². The van der Waals surface area contributed by atoms with E-state index in [1.54, 1.807) is 11.1 Å². The molecule has 2 saturated carbocycles. The minimum absolute atomic E-state index is 0.176. The Morgan fingerprint density at radius 3 is 1.74 bits per heavy atom. The van der Waals surface area contributed by atoms with Gasteiger partial charge in [0.05, 0.1) is 0 Å². The average molecular weight is 732 g/mol. The van der Waals surface area contributed by atoms with E-state index in [9.17, 15) is 0 Å². The number of para-hydroxylation sites is 2. The summed E-state index contributed by atoms with van der Waals surface area (Å²) in [5, 5.41) is 2.29. The topological polar surface area (TPSA) is 16.4 Å². The van der Waals surface area contributed by atoms with Gasteiger partial charge in [0.15, 0.2) is 0 Å². The number of fused-ring (bicyclic) bond motifs is 11. The maximum absolute atomic E-state index is 6.42. The third-order valence-corrected chi connectivity index (χ3v) is 13.6. The van der Waals surface area contributed by atoms with Crippen LogP contribution in [0, 0.1) is 11.8 Å². The molecule has 1 spiro atoms. The Bertz CT molecular complexity index is 2960. The molecule has 1 aromatic heterocycles. The van der Waals surface area contributed by atoms with Crippen molar-refractivity contribution in [3.63, 3.8) is 0 Å². The number of hydrogen-bond donors (Lipinski definition) is 0. The lowest BCUT2D eigenvalue weighted by molar-refractivity contribution is 0.327. The predicted octanol–water partition coefficient (Wildman–Crippen LogP) is 15.1. The average Bonchev–Trinajstić information content (AvgIpc) is 4.06. The fourth-order valence-corrected chi connectivity index (χ4v) is 11.0. The summed E-state index contributed by atoms with van der Waals surface area (Å²) in [4.78, 5) is 2.37. The zero-order chi connectivity index (χ0) is 37.5. The van der Waals surface area contributed by atoms with Gasteiger partial charge in [-0.05, 0) is 130 Å². The molecule has 0 radical (unpaired) electrons. The Balaban J connectivity index is 0.924. The highest BCUT2D eigenvalue weighted by atomic mass is 16.3. The van der Waals surface area contributed by atoms with Crippen molar-refractivity contribution in [1.82, 2.24) is 0 Å². The number of rotatable bonds is 6.